The number of nitrogens with zero attached hydrogens (tertiary/aromatic N) is 1. The van der Waals surface area contributed by atoms with Crippen LogP contribution in [0.15, 0.2) is 24.5 Å². The van der Waals surface area contributed by atoms with E-state index in [0.29, 0.717) is 5.92 Å². The van der Waals surface area contributed by atoms with E-state index in [-0.39, 0.29) is 12.0 Å². The first kappa shape index (κ1) is 11.2. The maximum absolute atomic E-state index is 10.6. The van der Waals surface area contributed by atoms with Crippen molar-refractivity contribution in [3.8, 4) is 0 Å². The molecule has 1 aromatic heterocycles. The van der Waals surface area contributed by atoms with Crippen molar-refractivity contribution in [3.63, 3.8) is 0 Å². The summed E-state index contributed by atoms with van der Waals surface area (Å²) in [5.74, 6) is 2.47. The Bertz CT molecular complexity index is 378. The van der Waals surface area contributed by atoms with Crippen LogP contribution in [0.25, 0.3) is 0 Å². The molecule has 2 aliphatic rings. The van der Waals surface area contributed by atoms with Gasteiger partial charge in [0.25, 0.3) is 0 Å². The summed E-state index contributed by atoms with van der Waals surface area (Å²) in [5.41, 5.74) is 1.22. The van der Waals surface area contributed by atoms with Crippen LogP contribution in [0.3, 0.4) is 0 Å². The third kappa shape index (κ3) is 1.99. The predicted octanol–water partition coefficient (Wildman–Crippen LogP) is 2.98. The van der Waals surface area contributed by atoms with Crippen LogP contribution >= 0.6 is 0 Å². The smallest absolute Gasteiger partial charge is 0.0636 e. The Morgan fingerprint density at radius 1 is 1.24 bits per heavy atom. The largest absolute Gasteiger partial charge is 0.392 e. The molecule has 2 aliphatic carbocycles. The fraction of sp³-hybridized carbons (Fsp3) is 0.667. The van der Waals surface area contributed by atoms with Crippen molar-refractivity contribution in [1.29, 1.82) is 0 Å². The maximum Gasteiger partial charge on any atom is 0.0636 e. The first-order valence-electron chi connectivity index (χ1n) is 6.83. The standard InChI is InChI=1S/C15H21NO/c1-10(12-4-6-16-7-5-12)15(17)14-9-11-2-3-13(14)8-11/h4-7,10-11,13-15,17H,2-3,8-9H2,1H3. The molecule has 5 atom stereocenters. The summed E-state index contributed by atoms with van der Waals surface area (Å²) in [6.07, 6.45) is 8.82. The van der Waals surface area contributed by atoms with Gasteiger partial charge < -0.3 is 5.11 Å². The molecule has 2 heteroatoms. The van der Waals surface area contributed by atoms with Crippen molar-refractivity contribution < 1.29 is 5.11 Å². The van der Waals surface area contributed by atoms with E-state index in [1.54, 1.807) is 0 Å². The Labute approximate surface area is 103 Å². The lowest BCUT2D eigenvalue weighted by molar-refractivity contribution is 0.0558. The van der Waals surface area contributed by atoms with Crippen LogP contribution in [0.2, 0.25) is 0 Å². The van der Waals surface area contributed by atoms with Crippen LogP contribution in [0.5, 0.6) is 0 Å². The summed E-state index contributed by atoms with van der Waals surface area (Å²) < 4.78 is 0. The SMILES string of the molecule is CC(c1ccncc1)C(O)C1CC2CCC1C2. The van der Waals surface area contributed by atoms with E-state index in [9.17, 15) is 5.11 Å². The Morgan fingerprint density at radius 2 is 2.00 bits per heavy atom. The van der Waals surface area contributed by atoms with Crippen molar-refractivity contribution in [2.45, 2.75) is 44.6 Å². The molecule has 2 saturated carbocycles. The number of aromatic nitrogens is 1. The minimum atomic E-state index is -0.173. The van der Waals surface area contributed by atoms with Crippen molar-refractivity contribution in [2.24, 2.45) is 17.8 Å². The van der Waals surface area contributed by atoms with Gasteiger partial charge in [0.1, 0.15) is 0 Å². The molecule has 2 nitrogen and oxygen atoms in total. The highest BCUT2D eigenvalue weighted by atomic mass is 16.3. The highest BCUT2D eigenvalue weighted by Gasteiger charge is 2.43. The average molecular weight is 231 g/mol. The molecule has 0 saturated heterocycles. The zero-order chi connectivity index (χ0) is 11.8. The Balaban J connectivity index is 1.72. The van der Waals surface area contributed by atoms with Gasteiger partial charge in [0.15, 0.2) is 0 Å². The lowest BCUT2D eigenvalue weighted by Gasteiger charge is -2.31. The maximum atomic E-state index is 10.6. The highest BCUT2D eigenvalue weighted by Crippen LogP contribution is 2.51. The fourth-order valence-corrected chi connectivity index (χ4v) is 3.95. The van der Waals surface area contributed by atoms with E-state index in [0.717, 1.165) is 11.8 Å². The van der Waals surface area contributed by atoms with Crippen molar-refractivity contribution in [2.75, 3.05) is 0 Å². The van der Waals surface area contributed by atoms with Crippen molar-refractivity contribution in [3.05, 3.63) is 30.1 Å². The summed E-state index contributed by atoms with van der Waals surface area (Å²) in [5, 5.41) is 10.6. The van der Waals surface area contributed by atoms with Gasteiger partial charge in [0.2, 0.25) is 0 Å². The van der Waals surface area contributed by atoms with Crippen molar-refractivity contribution in [1.82, 2.24) is 4.98 Å². The molecular formula is C15H21NO. The molecule has 1 aromatic rings. The molecule has 2 fully saturated rings. The summed E-state index contributed by atoms with van der Waals surface area (Å²) in [4.78, 5) is 4.04. The second kappa shape index (κ2) is 4.41. The number of aliphatic hydroxyl groups excluding tert-OH is 1. The number of aliphatic hydroxyl groups is 1. The summed E-state index contributed by atoms with van der Waals surface area (Å²) >= 11 is 0. The number of fused-ring (bicyclic) bond motifs is 2. The van der Waals surface area contributed by atoms with Crippen LogP contribution in [0, 0.1) is 17.8 Å². The molecule has 3 rings (SSSR count). The van der Waals surface area contributed by atoms with Crippen LogP contribution in [-0.4, -0.2) is 16.2 Å². The predicted molar refractivity (Wildman–Crippen MR) is 67.6 cm³/mol. The second-order valence-corrected chi connectivity index (χ2v) is 5.90. The second-order valence-electron chi connectivity index (χ2n) is 5.90. The van der Waals surface area contributed by atoms with Gasteiger partial charge in [-0.3, -0.25) is 4.98 Å². The number of pyridine rings is 1. The van der Waals surface area contributed by atoms with E-state index in [1.165, 1.54) is 31.2 Å². The van der Waals surface area contributed by atoms with Crippen LogP contribution in [0.4, 0.5) is 0 Å². The molecule has 0 aromatic carbocycles. The molecule has 5 unspecified atom stereocenters. The van der Waals surface area contributed by atoms with Gasteiger partial charge in [0, 0.05) is 18.3 Å². The molecule has 0 amide bonds. The number of hydrogen-bond acceptors (Lipinski definition) is 2. The molecule has 92 valence electrons. The number of rotatable bonds is 3. The van der Waals surface area contributed by atoms with Crippen LogP contribution in [0.1, 0.15) is 44.1 Å². The molecular weight excluding hydrogens is 210 g/mol. The quantitative estimate of drug-likeness (QED) is 0.867. The fourth-order valence-electron chi connectivity index (χ4n) is 3.95. The van der Waals surface area contributed by atoms with E-state index < -0.39 is 0 Å². The van der Waals surface area contributed by atoms with Crippen LogP contribution < -0.4 is 0 Å². The lowest BCUT2D eigenvalue weighted by atomic mass is 9.78. The average Bonchev–Trinajstić information content (AvgIpc) is 3.00. The summed E-state index contributed by atoms with van der Waals surface area (Å²) in [7, 11) is 0. The molecule has 17 heavy (non-hydrogen) atoms. The van der Waals surface area contributed by atoms with Gasteiger partial charge in [-0.1, -0.05) is 13.3 Å². The van der Waals surface area contributed by atoms with Crippen molar-refractivity contribution >= 4 is 0 Å². The molecule has 1 heterocycles. The third-order valence-corrected chi connectivity index (χ3v) is 4.98. The van der Waals surface area contributed by atoms with Gasteiger partial charge in [0.05, 0.1) is 6.10 Å². The van der Waals surface area contributed by atoms with E-state index in [1.807, 2.05) is 24.5 Å². The van der Waals surface area contributed by atoms with E-state index >= 15 is 0 Å². The van der Waals surface area contributed by atoms with Gasteiger partial charge in [-0.25, -0.2) is 0 Å². The van der Waals surface area contributed by atoms with E-state index in [2.05, 4.69) is 11.9 Å². The van der Waals surface area contributed by atoms with Gasteiger partial charge >= 0.3 is 0 Å². The minimum Gasteiger partial charge on any atom is -0.392 e. The zero-order valence-corrected chi connectivity index (χ0v) is 10.4. The Morgan fingerprint density at radius 3 is 2.59 bits per heavy atom. The number of hydrogen-bond donors (Lipinski definition) is 1. The Kier molecular flexibility index (Phi) is 2.91. The molecule has 0 radical (unpaired) electrons. The first-order valence-corrected chi connectivity index (χ1v) is 6.83. The summed E-state index contributed by atoms with van der Waals surface area (Å²) in [6.45, 7) is 2.14. The molecule has 1 N–H and O–H groups in total. The van der Waals surface area contributed by atoms with Gasteiger partial charge in [-0.05, 0) is 54.7 Å². The highest BCUT2D eigenvalue weighted by molar-refractivity contribution is 5.17. The monoisotopic (exact) mass is 231 g/mol. The molecule has 2 bridgehead atoms. The normalized spacial score (nSPS) is 34.8. The lowest BCUT2D eigenvalue weighted by Crippen LogP contribution is -2.30. The van der Waals surface area contributed by atoms with Gasteiger partial charge in [-0.15, -0.1) is 0 Å². The van der Waals surface area contributed by atoms with Crippen LogP contribution in [-0.2, 0) is 0 Å². The first-order chi connectivity index (χ1) is 8.25. The molecule has 0 aliphatic heterocycles. The third-order valence-electron chi connectivity index (χ3n) is 4.98. The molecule has 0 spiro atoms. The topological polar surface area (TPSA) is 33.1 Å². The summed E-state index contributed by atoms with van der Waals surface area (Å²) in [6, 6.07) is 4.06. The zero-order valence-electron chi connectivity index (χ0n) is 10.4. The van der Waals surface area contributed by atoms with Gasteiger partial charge in [-0.2, -0.15) is 0 Å². The van der Waals surface area contributed by atoms with E-state index in [4.69, 9.17) is 0 Å². The Hall–Kier alpha value is -0.890. The minimum absolute atomic E-state index is 0.173.